The zero-order valence-corrected chi connectivity index (χ0v) is 17.8. The Hall–Kier alpha value is -3.23. The van der Waals surface area contributed by atoms with E-state index >= 15 is 0 Å². The summed E-state index contributed by atoms with van der Waals surface area (Å²) in [7, 11) is 0. The molecule has 2 aromatic rings. The van der Waals surface area contributed by atoms with Crippen LogP contribution < -0.4 is 10.1 Å². The van der Waals surface area contributed by atoms with Crippen LogP contribution in [0.4, 0.5) is 0 Å². The van der Waals surface area contributed by atoms with E-state index in [0.717, 1.165) is 0 Å². The molecule has 2 fully saturated rings. The van der Waals surface area contributed by atoms with Crippen LogP contribution in [0.3, 0.4) is 0 Å². The van der Waals surface area contributed by atoms with Gasteiger partial charge in [0.05, 0.1) is 26.6 Å². The van der Waals surface area contributed by atoms with Crippen molar-refractivity contribution in [1.82, 2.24) is 15.1 Å². The predicted octanol–water partition coefficient (Wildman–Crippen LogP) is 1.86. The molecule has 2 saturated heterocycles. The first-order valence-electron chi connectivity index (χ1n) is 13.9. The number of hydrogen-bond donors (Lipinski definition) is 1. The molecule has 33 heavy (non-hydrogen) atoms. The lowest BCUT2D eigenvalue weighted by molar-refractivity contribution is -0.136. The van der Waals surface area contributed by atoms with Gasteiger partial charge in [-0.25, -0.2) is 0 Å². The Morgan fingerprint density at radius 2 is 1.88 bits per heavy atom. The molecule has 172 valence electrons. The molecule has 0 saturated carbocycles. The van der Waals surface area contributed by atoms with Gasteiger partial charge >= 0.3 is 0 Å². The van der Waals surface area contributed by atoms with Crippen LogP contribution in [0.2, 0.25) is 0 Å². The summed E-state index contributed by atoms with van der Waals surface area (Å²) in [6.45, 7) is -1.11. The molecular weight excluding hydrogens is 422 g/mol. The molecule has 0 spiro atoms. The van der Waals surface area contributed by atoms with Crippen LogP contribution in [0.5, 0.6) is 5.75 Å². The number of rotatable bonds is 6. The molecule has 3 atom stereocenters. The molecule has 0 bridgehead atoms. The average Bonchev–Trinajstić information content (AvgIpc) is 3.25. The molecule has 0 aromatic heterocycles. The van der Waals surface area contributed by atoms with Crippen molar-refractivity contribution < 1.29 is 32.1 Å². The smallest absolute Gasteiger partial charge is 0.255 e. The SMILES string of the molecule is [2H]c1c([2H])c(C([2H])N2CCOCC2)c([2H])c([2H])c1C([2H])Oc1cccc2c1CN(C1CCC(=O)NC1=O)C2=O. The zero-order valence-electron chi connectivity index (χ0n) is 23.8. The maximum Gasteiger partial charge on any atom is 0.255 e. The van der Waals surface area contributed by atoms with E-state index in [1.807, 2.05) is 0 Å². The summed E-state index contributed by atoms with van der Waals surface area (Å²) in [5.41, 5.74) is 0.345. The molecule has 5 rings (SSSR count). The molecule has 1 N–H and O–H groups in total. The van der Waals surface area contributed by atoms with Crippen LogP contribution in [0.15, 0.2) is 42.4 Å². The minimum Gasteiger partial charge on any atom is -0.489 e. The molecule has 3 unspecified atom stereocenters. The maximum atomic E-state index is 13.1. The molecule has 8 heteroatoms. The van der Waals surface area contributed by atoms with E-state index in [9.17, 15) is 14.4 Å². The van der Waals surface area contributed by atoms with Gasteiger partial charge in [-0.05, 0) is 29.7 Å². The average molecular weight is 456 g/mol. The van der Waals surface area contributed by atoms with Gasteiger partial charge in [0.2, 0.25) is 11.8 Å². The number of ether oxygens (including phenoxy) is 2. The summed E-state index contributed by atoms with van der Waals surface area (Å²) < 4.78 is 62.3. The van der Waals surface area contributed by atoms with Gasteiger partial charge in [0.1, 0.15) is 18.4 Å². The number of amides is 3. The van der Waals surface area contributed by atoms with Crippen molar-refractivity contribution in [1.29, 1.82) is 0 Å². The number of nitrogens with one attached hydrogen (secondary N) is 1. The molecule has 3 heterocycles. The van der Waals surface area contributed by atoms with Crippen molar-refractivity contribution in [3.8, 4) is 5.75 Å². The monoisotopic (exact) mass is 455 g/mol. The van der Waals surface area contributed by atoms with Crippen LogP contribution in [-0.2, 0) is 34.0 Å². The third-order valence-electron chi connectivity index (χ3n) is 5.86. The van der Waals surface area contributed by atoms with Crippen LogP contribution in [-0.4, -0.2) is 59.9 Å². The Morgan fingerprint density at radius 1 is 1.12 bits per heavy atom. The Labute approximate surface area is 200 Å². The second kappa shape index (κ2) is 9.33. The van der Waals surface area contributed by atoms with E-state index in [-0.39, 0.29) is 41.8 Å². The number of hydrogen-bond acceptors (Lipinski definition) is 6. The van der Waals surface area contributed by atoms with Gasteiger partial charge in [0, 0.05) is 38.5 Å². The number of piperidine rings is 1. The molecular formula is C25H27N3O5. The van der Waals surface area contributed by atoms with Crippen molar-refractivity contribution in [3.63, 3.8) is 0 Å². The number of fused-ring (bicyclic) bond motifs is 1. The molecule has 0 aliphatic carbocycles. The Morgan fingerprint density at radius 3 is 2.64 bits per heavy atom. The van der Waals surface area contributed by atoms with Crippen molar-refractivity contribution in [2.45, 2.75) is 38.5 Å². The summed E-state index contributed by atoms with van der Waals surface area (Å²) >= 11 is 0. The maximum absolute atomic E-state index is 13.1. The van der Waals surface area contributed by atoms with Gasteiger partial charge in [0.15, 0.2) is 0 Å². The van der Waals surface area contributed by atoms with Crippen molar-refractivity contribution >= 4 is 17.7 Å². The first-order chi connectivity index (χ1) is 18.6. The summed E-state index contributed by atoms with van der Waals surface area (Å²) in [5.74, 6) is -1.22. The molecule has 0 radical (unpaired) electrons. The van der Waals surface area contributed by atoms with E-state index in [1.165, 1.54) is 11.0 Å². The highest BCUT2D eigenvalue weighted by Crippen LogP contribution is 2.34. The first-order valence-corrected chi connectivity index (χ1v) is 10.8. The number of carbonyl (C=O) groups excluding carboxylic acids is 3. The highest BCUT2D eigenvalue weighted by molar-refractivity contribution is 6.05. The lowest BCUT2D eigenvalue weighted by Gasteiger charge is -2.29. The van der Waals surface area contributed by atoms with E-state index in [0.29, 0.717) is 31.9 Å². The second-order valence-electron chi connectivity index (χ2n) is 8.02. The van der Waals surface area contributed by atoms with Gasteiger partial charge in [-0.3, -0.25) is 24.6 Å². The summed E-state index contributed by atoms with van der Waals surface area (Å²) in [4.78, 5) is 40.0. The normalized spacial score (nSPS) is 25.6. The van der Waals surface area contributed by atoms with Gasteiger partial charge in [-0.1, -0.05) is 30.2 Å². The first kappa shape index (κ1) is 15.6. The topological polar surface area (TPSA) is 88.2 Å². The number of imide groups is 1. The fourth-order valence-corrected chi connectivity index (χ4v) is 4.13. The Bertz CT molecular complexity index is 1320. The molecule has 3 aliphatic heterocycles. The van der Waals surface area contributed by atoms with Gasteiger partial charge in [-0.15, -0.1) is 0 Å². The standard InChI is InChI=1S/C25H27N3O5/c29-23-9-8-21(24(30)26-23)28-15-20-19(25(28)31)2-1-3-22(20)33-16-18-6-4-17(5-7-18)14-27-10-12-32-13-11-27/h1-7,21H,8-16H2,(H,26,29,30)/i4D,5D,6D,7D,14D,16D. The second-order valence-corrected chi connectivity index (χ2v) is 8.02. The molecule has 8 nitrogen and oxygen atoms in total. The highest BCUT2D eigenvalue weighted by atomic mass is 16.5. The summed E-state index contributed by atoms with van der Waals surface area (Å²) in [6, 6.07) is 2.08. The van der Waals surface area contributed by atoms with E-state index in [1.54, 1.807) is 17.0 Å². The number of carbonyl (C=O) groups is 3. The highest BCUT2D eigenvalue weighted by Gasteiger charge is 2.40. The van der Waals surface area contributed by atoms with Crippen LogP contribution in [0, 0.1) is 0 Å². The predicted molar refractivity (Wildman–Crippen MR) is 119 cm³/mol. The largest absolute Gasteiger partial charge is 0.489 e. The number of nitrogens with zero attached hydrogens (tertiary/aromatic N) is 2. The summed E-state index contributed by atoms with van der Waals surface area (Å²) in [6.07, 6.45) is 0.303. The Balaban J connectivity index is 1.41. The quantitative estimate of drug-likeness (QED) is 0.669. The molecule has 2 aromatic carbocycles. The third-order valence-corrected chi connectivity index (χ3v) is 5.86. The fourth-order valence-electron chi connectivity index (χ4n) is 4.13. The van der Waals surface area contributed by atoms with Crippen molar-refractivity contribution in [2.24, 2.45) is 0 Å². The minimum absolute atomic E-state index is 0.0111. The fraction of sp³-hybridized carbons (Fsp3) is 0.400. The van der Waals surface area contributed by atoms with E-state index in [2.05, 4.69) is 5.32 Å². The van der Waals surface area contributed by atoms with E-state index in [4.69, 9.17) is 17.7 Å². The van der Waals surface area contributed by atoms with Crippen molar-refractivity contribution in [2.75, 3.05) is 26.3 Å². The van der Waals surface area contributed by atoms with Gasteiger partial charge in [-0.2, -0.15) is 0 Å². The molecule has 3 amide bonds. The summed E-state index contributed by atoms with van der Waals surface area (Å²) in [5, 5.41) is 2.25. The van der Waals surface area contributed by atoms with E-state index < -0.39 is 61.0 Å². The lowest BCUT2D eigenvalue weighted by atomic mass is 10.0. The van der Waals surface area contributed by atoms with Crippen LogP contribution in [0.1, 0.15) is 48.1 Å². The van der Waals surface area contributed by atoms with Crippen LogP contribution in [0.25, 0.3) is 0 Å². The molecule has 3 aliphatic rings. The number of morpholine rings is 1. The number of benzene rings is 2. The van der Waals surface area contributed by atoms with Gasteiger partial charge < -0.3 is 14.4 Å². The van der Waals surface area contributed by atoms with Gasteiger partial charge in [0.25, 0.3) is 5.91 Å². The Kier molecular flexibility index (Phi) is 4.40. The lowest BCUT2D eigenvalue weighted by Crippen LogP contribution is -2.52. The third kappa shape index (κ3) is 4.62. The van der Waals surface area contributed by atoms with Crippen molar-refractivity contribution in [3.05, 3.63) is 64.6 Å². The minimum atomic E-state index is -1.66. The zero-order chi connectivity index (χ0) is 28.0. The van der Waals surface area contributed by atoms with Crippen LogP contribution >= 0.6 is 0 Å².